The number of likely N-dealkylation sites (tertiary alicyclic amines) is 1. The number of carbonyl (C=O) groups excluding carboxylic acids is 1. The maximum absolute atomic E-state index is 12.9. The van der Waals surface area contributed by atoms with Crippen molar-refractivity contribution in [2.75, 3.05) is 13.1 Å². The van der Waals surface area contributed by atoms with E-state index in [0.717, 1.165) is 62.4 Å². The summed E-state index contributed by atoms with van der Waals surface area (Å²) in [4.78, 5) is 19.5. The quantitative estimate of drug-likeness (QED) is 0.713. The van der Waals surface area contributed by atoms with Crippen LogP contribution in [0.2, 0.25) is 0 Å². The van der Waals surface area contributed by atoms with Crippen molar-refractivity contribution < 1.29 is 4.79 Å². The Hall–Kier alpha value is -2.89. The van der Waals surface area contributed by atoms with E-state index in [4.69, 9.17) is 0 Å². The molecule has 4 rings (SSSR count). The molecular weight excluding hydrogens is 350 g/mol. The molecule has 0 spiro atoms. The number of imidazole rings is 1. The number of rotatable bonds is 6. The highest BCUT2D eigenvalue weighted by molar-refractivity contribution is 5.95. The normalized spacial score (nSPS) is 15.1. The van der Waals surface area contributed by atoms with Gasteiger partial charge in [-0.05, 0) is 24.8 Å². The summed E-state index contributed by atoms with van der Waals surface area (Å²) in [6.07, 6.45) is 9.35. The third kappa shape index (κ3) is 3.86. The Labute approximate surface area is 165 Å². The molecule has 0 radical (unpaired) electrons. The number of piperidine rings is 1. The molecular formula is C22H27N5O. The molecule has 1 fully saturated rings. The molecule has 1 amide bonds. The molecule has 3 aromatic rings. The second-order valence-electron chi connectivity index (χ2n) is 7.48. The Morgan fingerprint density at radius 1 is 1.21 bits per heavy atom. The Bertz CT molecular complexity index is 906. The number of hydrogen-bond acceptors (Lipinski definition) is 3. The van der Waals surface area contributed by atoms with E-state index in [1.165, 1.54) is 5.56 Å². The maximum Gasteiger partial charge on any atom is 0.257 e. The van der Waals surface area contributed by atoms with E-state index >= 15 is 0 Å². The van der Waals surface area contributed by atoms with Crippen molar-refractivity contribution in [1.29, 1.82) is 0 Å². The highest BCUT2D eigenvalue weighted by Crippen LogP contribution is 2.28. The summed E-state index contributed by atoms with van der Waals surface area (Å²) in [5.74, 6) is 1.62. The third-order valence-electron chi connectivity index (χ3n) is 5.54. The van der Waals surface area contributed by atoms with Crippen LogP contribution in [-0.2, 0) is 13.0 Å². The SMILES string of the molecule is CCCc1[nH]ncc1C(=O)N1CCC(c2nccn2Cc2ccccc2)CC1. The van der Waals surface area contributed by atoms with Gasteiger partial charge in [-0.3, -0.25) is 9.89 Å². The fraction of sp³-hybridized carbons (Fsp3) is 0.409. The molecule has 0 saturated carbocycles. The van der Waals surface area contributed by atoms with Crippen molar-refractivity contribution in [3.8, 4) is 0 Å². The van der Waals surface area contributed by atoms with Gasteiger partial charge in [-0.25, -0.2) is 4.98 Å². The lowest BCUT2D eigenvalue weighted by atomic mass is 9.95. The number of carbonyl (C=O) groups is 1. The van der Waals surface area contributed by atoms with Crippen molar-refractivity contribution >= 4 is 5.91 Å². The molecule has 1 N–H and O–H groups in total. The molecule has 2 aromatic heterocycles. The molecule has 0 unspecified atom stereocenters. The van der Waals surface area contributed by atoms with Crippen LogP contribution >= 0.6 is 0 Å². The fourth-order valence-corrected chi connectivity index (χ4v) is 4.04. The standard InChI is InChI=1S/C22H27N5O/c1-2-6-20-19(15-24-25-20)22(28)26-12-9-18(10-13-26)21-23-11-14-27(21)16-17-7-4-3-5-8-17/h3-5,7-8,11,14-15,18H,2,6,9-10,12-13,16H2,1H3,(H,24,25). The van der Waals surface area contributed by atoms with Crippen LogP contribution in [0.15, 0.2) is 48.9 Å². The lowest BCUT2D eigenvalue weighted by Crippen LogP contribution is -2.38. The molecule has 1 aromatic carbocycles. The van der Waals surface area contributed by atoms with Crippen LogP contribution in [0.5, 0.6) is 0 Å². The van der Waals surface area contributed by atoms with E-state index in [1.807, 2.05) is 17.2 Å². The largest absolute Gasteiger partial charge is 0.338 e. The summed E-state index contributed by atoms with van der Waals surface area (Å²) < 4.78 is 2.24. The Morgan fingerprint density at radius 2 is 2.00 bits per heavy atom. The highest BCUT2D eigenvalue weighted by atomic mass is 16.2. The van der Waals surface area contributed by atoms with Gasteiger partial charge in [0.2, 0.25) is 0 Å². The van der Waals surface area contributed by atoms with E-state index in [2.05, 4.69) is 57.1 Å². The summed E-state index contributed by atoms with van der Waals surface area (Å²) in [6.45, 7) is 4.47. The third-order valence-corrected chi connectivity index (χ3v) is 5.54. The van der Waals surface area contributed by atoms with Crippen molar-refractivity contribution in [2.45, 2.75) is 45.1 Å². The molecule has 1 aliphatic heterocycles. The van der Waals surface area contributed by atoms with Gasteiger partial charge < -0.3 is 9.47 Å². The number of nitrogens with one attached hydrogen (secondary N) is 1. The minimum absolute atomic E-state index is 0.100. The van der Waals surface area contributed by atoms with E-state index < -0.39 is 0 Å². The molecule has 146 valence electrons. The first kappa shape index (κ1) is 18.5. The number of hydrogen-bond donors (Lipinski definition) is 1. The average molecular weight is 377 g/mol. The van der Waals surface area contributed by atoms with E-state index in [1.54, 1.807) is 6.20 Å². The lowest BCUT2D eigenvalue weighted by Gasteiger charge is -2.32. The molecule has 6 nitrogen and oxygen atoms in total. The minimum Gasteiger partial charge on any atom is -0.338 e. The number of aromatic nitrogens is 4. The predicted octanol–water partition coefficient (Wildman–Crippen LogP) is 3.63. The van der Waals surface area contributed by atoms with Crippen LogP contribution in [0, 0.1) is 0 Å². The van der Waals surface area contributed by atoms with Crippen LogP contribution < -0.4 is 0 Å². The van der Waals surface area contributed by atoms with Gasteiger partial charge in [0.1, 0.15) is 5.82 Å². The first-order chi connectivity index (χ1) is 13.8. The lowest BCUT2D eigenvalue weighted by molar-refractivity contribution is 0.0709. The zero-order valence-corrected chi connectivity index (χ0v) is 16.3. The fourth-order valence-electron chi connectivity index (χ4n) is 4.04. The van der Waals surface area contributed by atoms with Gasteiger partial charge in [0.25, 0.3) is 5.91 Å². The van der Waals surface area contributed by atoms with E-state index in [-0.39, 0.29) is 5.91 Å². The van der Waals surface area contributed by atoms with Gasteiger partial charge >= 0.3 is 0 Å². The number of benzene rings is 1. The topological polar surface area (TPSA) is 66.8 Å². The second kappa shape index (κ2) is 8.42. The van der Waals surface area contributed by atoms with Crippen molar-refractivity contribution in [1.82, 2.24) is 24.6 Å². The van der Waals surface area contributed by atoms with Crippen molar-refractivity contribution in [2.24, 2.45) is 0 Å². The van der Waals surface area contributed by atoms with Crippen LogP contribution in [0.4, 0.5) is 0 Å². The summed E-state index contributed by atoms with van der Waals surface area (Å²) in [5, 5.41) is 7.06. The zero-order valence-electron chi connectivity index (χ0n) is 16.3. The molecule has 0 bridgehead atoms. The first-order valence-corrected chi connectivity index (χ1v) is 10.1. The molecule has 1 aliphatic rings. The zero-order chi connectivity index (χ0) is 19.3. The smallest absolute Gasteiger partial charge is 0.257 e. The van der Waals surface area contributed by atoms with Gasteiger partial charge in [0.05, 0.1) is 11.8 Å². The summed E-state index contributed by atoms with van der Waals surface area (Å²) >= 11 is 0. The summed E-state index contributed by atoms with van der Waals surface area (Å²) in [7, 11) is 0. The maximum atomic E-state index is 12.9. The molecule has 3 heterocycles. The number of aryl methyl sites for hydroxylation is 1. The van der Waals surface area contributed by atoms with Crippen LogP contribution in [0.1, 0.15) is 59.5 Å². The Morgan fingerprint density at radius 3 is 2.75 bits per heavy atom. The number of nitrogens with zero attached hydrogens (tertiary/aromatic N) is 4. The summed E-state index contributed by atoms with van der Waals surface area (Å²) in [5.41, 5.74) is 2.96. The minimum atomic E-state index is 0.100. The first-order valence-electron chi connectivity index (χ1n) is 10.1. The number of amides is 1. The number of H-pyrrole nitrogens is 1. The Kier molecular flexibility index (Phi) is 5.55. The van der Waals surface area contributed by atoms with Crippen molar-refractivity contribution in [3.63, 3.8) is 0 Å². The monoisotopic (exact) mass is 377 g/mol. The van der Waals surface area contributed by atoms with E-state index in [9.17, 15) is 4.79 Å². The van der Waals surface area contributed by atoms with Gasteiger partial charge in [-0.1, -0.05) is 43.7 Å². The van der Waals surface area contributed by atoms with Gasteiger partial charge in [0.15, 0.2) is 0 Å². The molecule has 1 saturated heterocycles. The van der Waals surface area contributed by atoms with Crippen molar-refractivity contribution in [3.05, 3.63) is 71.6 Å². The molecule has 0 atom stereocenters. The van der Waals surface area contributed by atoms with Gasteiger partial charge in [0, 0.05) is 43.6 Å². The molecule has 28 heavy (non-hydrogen) atoms. The predicted molar refractivity (Wildman–Crippen MR) is 108 cm³/mol. The molecule has 0 aliphatic carbocycles. The summed E-state index contributed by atoms with van der Waals surface area (Å²) in [6, 6.07) is 10.5. The van der Waals surface area contributed by atoms with Gasteiger partial charge in [-0.2, -0.15) is 5.10 Å². The average Bonchev–Trinajstić information content (AvgIpc) is 3.38. The second-order valence-corrected chi connectivity index (χ2v) is 7.48. The van der Waals surface area contributed by atoms with Crippen LogP contribution in [0.25, 0.3) is 0 Å². The van der Waals surface area contributed by atoms with Gasteiger partial charge in [-0.15, -0.1) is 0 Å². The number of aromatic amines is 1. The highest BCUT2D eigenvalue weighted by Gasteiger charge is 2.28. The van der Waals surface area contributed by atoms with E-state index in [0.29, 0.717) is 5.92 Å². The van der Waals surface area contributed by atoms with Crippen LogP contribution in [0.3, 0.4) is 0 Å². The molecule has 6 heteroatoms. The Balaban J connectivity index is 1.40. The van der Waals surface area contributed by atoms with Crippen LogP contribution in [-0.4, -0.2) is 43.6 Å².